The van der Waals surface area contributed by atoms with Gasteiger partial charge in [0.2, 0.25) is 0 Å². The first-order valence-corrected chi connectivity index (χ1v) is 10.1. The largest absolute Gasteiger partial charge is 0.367 e. The maximum atomic E-state index is 11.7. The van der Waals surface area contributed by atoms with Crippen molar-refractivity contribution in [3.8, 4) is 0 Å². The van der Waals surface area contributed by atoms with Gasteiger partial charge in [0.25, 0.3) is 0 Å². The zero-order valence-electron chi connectivity index (χ0n) is 14.9. The molecule has 0 aromatic carbocycles. The van der Waals surface area contributed by atoms with Gasteiger partial charge < -0.3 is 10.2 Å². The summed E-state index contributed by atoms with van der Waals surface area (Å²) in [6, 6.07) is 0. The van der Waals surface area contributed by atoms with Crippen LogP contribution >= 0.6 is 11.6 Å². The van der Waals surface area contributed by atoms with Gasteiger partial charge >= 0.3 is 0 Å². The van der Waals surface area contributed by atoms with E-state index in [1.54, 1.807) is 0 Å². The molecule has 0 aromatic heterocycles. The number of hydrogen-bond donors (Lipinski definition) is 2. The molecular formula is C19H37ClO3. The lowest BCUT2D eigenvalue weighted by Crippen LogP contribution is -2.29. The molecule has 0 aromatic rings. The van der Waals surface area contributed by atoms with Crippen LogP contribution in [0.2, 0.25) is 0 Å². The summed E-state index contributed by atoms with van der Waals surface area (Å²) in [4.78, 5) is 11.7. The zero-order chi connectivity index (χ0) is 17.3. The van der Waals surface area contributed by atoms with Crippen molar-refractivity contribution in [3.05, 3.63) is 0 Å². The molecule has 0 fully saturated rings. The Kier molecular flexibility index (Phi) is 16.6. The van der Waals surface area contributed by atoms with Gasteiger partial charge in [0, 0.05) is 12.3 Å². The first-order valence-electron chi connectivity index (χ1n) is 9.58. The minimum absolute atomic E-state index is 0.0189. The minimum atomic E-state index is -1.62. The van der Waals surface area contributed by atoms with Crippen LogP contribution in [0.3, 0.4) is 0 Å². The molecule has 0 rings (SSSR count). The number of carbonyl (C=O) groups is 1. The average molecular weight is 349 g/mol. The Hall–Kier alpha value is -0.120. The summed E-state index contributed by atoms with van der Waals surface area (Å²) < 4.78 is 0. The van der Waals surface area contributed by atoms with Gasteiger partial charge in [-0.05, 0) is 6.42 Å². The highest BCUT2D eigenvalue weighted by Gasteiger charge is 2.23. The van der Waals surface area contributed by atoms with Gasteiger partial charge in [0.05, 0.1) is 5.92 Å². The molecule has 0 radical (unpaired) electrons. The molecule has 0 saturated carbocycles. The Balaban J connectivity index is 3.29. The molecule has 0 aliphatic heterocycles. The second kappa shape index (κ2) is 16.7. The van der Waals surface area contributed by atoms with Crippen LogP contribution in [-0.2, 0) is 4.79 Å². The van der Waals surface area contributed by atoms with Gasteiger partial charge in [0.1, 0.15) is 5.78 Å². The normalized spacial score (nSPS) is 12.7. The fraction of sp³-hybridized carbons (Fsp3) is 0.947. The average Bonchev–Trinajstić information content (AvgIpc) is 2.52. The Bertz CT molecular complexity index is 269. The second-order valence-corrected chi connectivity index (χ2v) is 6.94. The monoisotopic (exact) mass is 348 g/mol. The van der Waals surface area contributed by atoms with Crippen molar-refractivity contribution in [2.75, 3.05) is 5.88 Å². The molecule has 0 aliphatic carbocycles. The predicted molar refractivity (Wildman–Crippen MR) is 97.8 cm³/mol. The van der Waals surface area contributed by atoms with Crippen LogP contribution < -0.4 is 0 Å². The summed E-state index contributed by atoms with van der Waals surface area (Å²) in [5.41, 5.74) is 0. The van der Waals surface area contributed by atoms with Gasteiger partial charge in [-0.25, -0.2) is 0 Å². The van der Waals surface area contributed by atoms with E-state index in [9.17, 15) is 4.79 Å². The molecule has 0 saturated heterocycles. The number of aliphatic hydroxyl groups excluding tert-OH is 1. The Morgan fingerprint density at radius 2 is 1.17 bits per heavy atom. The van der Waals surface area contributed by atoms with Crippen molar-refractivity contribution in [2.24, 2.45) is 5.92 Å². The van der Waals surface area contributed by atoms with E-state index in [4.69, 9.17) is 21.8 Å². The fourth-order valence-electron chi connectivity index (χ4n) is 2.83. The molecule has 0 heterocycles. The van der Waals surface area contributed by atoms with Gasteiger partial charge in [-0.2, -0.15) is 0 Å². The lowest BCUT2D eigenvalue weighted by atomic mass is 9.99. The number of Topliss-reactive ketones (excluding diaryl/α,β-unsaturated/α-hetero) is 1. The molecule has 1 unspecified atom stereocenters. The van der Waals surface area contributed by atoms with Crippen LogP contribution in [0.15, 0.2) is 0 Å². The van der Waals surface area contributed by atoms with Crippen molar-refractivity contribution in [3.63, 3.8) is 0 Å². The topological polar surface area (TPSA) is 57.5 Å². The standard InChI is InChI=1S/C19H37ClO3/c1-2-3-4-5-6-7-8-9-10-11-12-13-14-15-18(21)17(16-20)19(22)23/h17,19,22-23H,2-16H2,1H3. The third-order valence-corrected chi connectivity index (χ3v) is 4.80. The third kappa shape index (κ3) is 14.0. The summed E-state index contributed by atoms with van der Waals surface area (Å²) in [6.07, 6.45) is 15.3. The fourth-order valence-corrected chi connectivity index (χ4v) is 3.17. The minimum Gasteiger partial charge on any atom is -0.367 e. The van der Waals surface area contributed by atoms with E-state index in [0.29, 0.717) is 6.42 Å². The maximum Gasteiger partial charge on any atom is 0.162 e. The summed E-state index contributed by atoms with van der Waals surface area (Å²) in [5.74, 6) is -0.971. The Labute approximate surface area is 147 Å². The van der Waals surface area contributed by atoms with Crippen LogP contribution in [-0.4, -0.2) is 28.2 Å². The van der Waals surface area contributed by atoms with Crippen molar-refractivity contribution >= 4 is 17.4 Å². The summed E-state index contributed by atoms with van der Waals surface area (Å²) in [5, 5.41) is 18.1. The molecule has 2 N–H and O–H groups in total. The smallest absolute Gasteiger partial charge is 0.162 e. The van der Waals surface area contributed by atoms with E-state index in [1.165, 1.54) is 64.2 Å². The van der Waals surface area contributed by atoms with E-state index in [-0.39, 0.29) is 11.7 Å². The summed E-state index contributed by atoms with van der Waals surface area (Å²) in [7, 11) is 0. The molecule has 0 bridgehead atoms. The van der Waals surface area contributed by atoms with E-state index < -0.39 is 12.2 Å². The number of rotatable bonds is 17. The molecule has 0 spiro atoms. The van der Waals surface area contributed by atoms with Gasteiger partial charge in [-0.3, -0.25) is 4.79 Å². The van der Waals surface area contributed by atoms with Crippen LogP contribution in [0.1, 0.15) is 96.8 Å². The molecule has 3 nitrogen and oxygen atoms in total. The van der Waals surface area contributed by atoms with Crippen molar-refractivity contribution in [2.45, 2.75) is 103 Å². The number of unbranched alkanes of at least 4 members (excludes halogenated alkanes) is 12. The number of alkyl halides is 1. The molecule has 0 aliphatic rings. The SMILES string of the molecule is CCCCCCCCCCCCCCCC(=O)C(CCl)C(O)O. The maximum absolute atomic E-state index is 11.7. The Morgan fingerprint density at radius 1 is 0.783 bits per heavy atom. The molecule has 138 valence electrons. The quantitative estimate of drug-likeness (QED) is 0.216. The highest BCUT2D eigenvalue weighted by atomic mass is 35.5. The van der Waals surface area contributed by atoms with E-state index in [0.717, 1.165) is 19.3 Å². The van der Waals surface area contributed by atoms with Crippen LogP contribution in [0.4, 0.5) is 0 Å². The number of halogens is 1. The molecule has 4 heteroatoms. The highest BCUT2D eigenvalue weighted by molar-refractivity contribution is 6.19. The van der Waals surface area contributed by atoms with Crippen LogP contribution in [0.5, 0.6) is 0 Å². The summed E-state index contributed by atoms with van der Waals surface area (Å²) in [6.45, 7) is 2.25. The number of carbonyl (C=O) groups excluding carboxylic acids is 1. The van der Waals surface area contributed by atoms with E-state index >= 15 is 0 Å². The number of ketones is 1. The van der Waals surface area contributed by atoms with Crippen molar-refractivity contribution in [1.82, 2.24) is 0 Å². The van der Waals surface area contributed by atoms with Crippen molar-refractivity contribution in [1.29, 1.82) is 0 Å². The Morgan fingerprint density at radius 3 is 1.52 bits per heavy atom. The number of hydrogen-bond acceptors (Lipinski definition) is 3. The first kappa shape index (κ1) is 22.9. The predicted octanol–water partition coefficient (Wildman–Crippen LogP) is 5.20. The van der Waals surface area contributed by atoms with Gasteiger partial charge in [-0.1, -0.05) is 84.0 Å². The van der Waals surface area contributed by atoms with Crippen LogP contribution in [0, 0.1) is 5.92 Å². The van der Waals surface area contributed by atoms with Crippen LogP contribution in [0.25, 0.3) is 0 Å². The first-order chi connectivity index (χ1) is 11.1. The molecular weight excluding hydrogens is 312 g/mol. The van der Waals surface area contributed by atoms with E-state index in [1.807, 2.05) is 0 Å². The molecule has 0 amide bonds. The van der Waals surface area contributed by atoms with E-state index in [2.05, 4.69) is 6.92 Å². The lowest BCUT2D eigenvalue weighted by Gasteiger charge is -2.14. The van der Waals surface area contributed by atoms with Gasteiger partial charge in [-0.15, -0.1) is 11.6 Å². The third-order valence-electron chi connectivity index (χ3n) is 4.47. The lowest BCUT2D eigenvalue weighted by molar-refractivity contribution is -0.137. The van der Waals surface area contributed by atoms with Gasteiger partial charge in [0.15, 0.2) is 6.29 Å². The highest BCUT2D eigenvalue weighted by Crippen LogP contribution is 2.15. The van der Waals surface area contributed by atoms with Crippen molar-refractivity contribution < 1.29 is 15.0 Å². The molecule has 23 heavy (non-hydrogen) atoms. The molecule has 1 atom stereocenters. The zero-order valence-corrected chi connectivity index (χ0v) is 15.7. The number of aliphatic hydroxyl groups is 2. The second-order valence-electron chi connectivity index (χ2n) is 6.63. The summed E-state index contributed by atoms with van der Waals surface area (Å²) >= 11 is 5.57.